The van der Waals surface area contributed by atoms with Crippen LogP contribution in [0.15, 0.2) is 60.7 Å². The quantitative estimate of drug-likeness (QED) is 0.567. The number of nitrogens with zero attached hydrogens (tertiary/aromatic N) is 4. The number of nitrogens with one attached hydrogen (secondary N) is 1. The summed E-state index contributed by atoms with van der Waals surface area (Å²) >= 11 is 0. The maximum atomic E-state index is 12.4. The number of ether oxygens (including phenoxy) is 2. The van der Waals surface area contributed by atoms with Gasteiger partial charge in [0, 0.05) is 43.5 Å². The van der Waals surface area contributed by atoms with Gasteiger partial charge in [-0.2, -0.15) is 0 Å². The van der Waals surface area contributed by atoms with Gasteiger partial charge in [-0.05, 0) is 50.4 Å². The Balaban J connectivity index is 1.34. The Hall–Kier alpha value is -3.65. The van der Waals surface area contributed by atoms with E-state index < -0.39 is 0 Å². The molecule has 172 valence electrons. The zero-order chi connectivity index (χ0) is 23.0. The molecular formula is C25H29N5O3. The second kappa shape index (κ2) is 10.8. The van der Waals surface area contributed by atoms with Gasteiger partial charge >= 0.3 is 0 Å². The molecule has 1 aliphatic heterocycles. The van der Waals surface area contributed by atoms with Crippen molar-refractivity contribution in [3.8, 4) is 22.8 Å². The van der Waals surface area contributed by atoms with Gasteiger partial charge in [0.1, 0.15) is 11.5 Å². The number of aromatic nitrogens is 2. The molecular weight excluding hydrogens is 418 g/mol. The highest BCUT2D eigenvalue weighted by molar-refractivity contribution is 5.92. The number of rotatable bonds is 8. The number of carbonyl (C=O) groups is 1. The number of amides is 1. The molecule has 0 radical (unpaired) electrons. The first-order chi connectivity index (χ1) is 16.1. The molecule has 0 aliphatic carbocycles. The molecule has 0 bridgehead atoms. The molecule has 0 atom stereocenters. The molecule has 1 saturated heterocycles. The Morgan fingerprint density at radius 2 is 1.70 bits per heavy atom. The number of carbonyl (C=O) groups excluding carboxylic acids is 1. The number of hydrogen-bond acceptors (Lipinski definition) is 7. The SMILES string of the molecule is CCOc1cccc(OCC(=O)Nc2cccc(-c3ccc(N4CCN(C)CC4)nn3)c2)c1. The zero-order valence-electron chi connectivity index (χ0n) is 19.0. The fourth-order valence-electron chi connectivity index (χ4n) is 3.61. The second-order valence-electron chi connectivity index (χ2n) is 7.89. The van der Waals surface area contributed by atoms with Gasteiger partial charge in [-0.3, -0.25) is 4.79 Å². The van der Waals surface area contributed by atoms with Crippen molar-refractivity contribution in [3.05, 3.63) is 60.7 Å². The minimum Gasteiger partial charge on any atom is -0.494 e. The first-order valence-electron chi connectivity index (χ1n) is 11.1. The van der Waals surface area contributed by atoms with E-state index in [1.807, 2.05) is 55.5 Å². The molecule has 4 rings (SSSR count). The molecule has 0 saturated carbocycles. The third kappa shape index (κ3) is 6.20. The topological polar surface area (TPSA) is 79.8 Å². The molecule has 2 aromatic carbocycles. The Kier molecular flexibility index (Phi) is 7.36. The van der Waals surface area contributed by atoms with Crippen LogP contribution in [0, 0.1) is 0 Å². The van der Waals surface area contributed by atoms with E-state index >= 15 is 0 Å². The second-order valence-corrected chi connectivity index (χ2v) is 7.89. The summed E-state index contributed by atoms with van der Waals surface area (Å²) in [5, 5.41) is 11.7. The van der Waals surface area contributed by atoms with Gasteiger partial charge in [0.25, 0.3) is 5.91 Å². The molecule has 1 N–H and O–H groups in total. The Bertz CT molecular complexity index is 1070. The van der Waals surface area contributed by atoms with Gasteiger partial charge < -0.3 is 24.6 Å². The molecule has 2 heterocycles. The standard InChI is InChI=1S/C25H29N5O3/c1-3-32-21-8-5-9-22(17-21)33-18-25(31)26-20-7-4-6-19(16-20)23-10-11-24(28-27-23)30-14-12-29(2)13-15-30/h4-11,16-17H,3,12-15,18H2,1-2H3,(H,26,31). The number of hydrogen-bond donors (Lipinski definition) is 1. The van der Waals surface area contributed by atoms with Crippen LogP contribution in [-0.4, -0.2) is 67.4 Å². The van der Waals surface area contributed by atoms with Crippen LogP contribution in [0.3, 0.4) is 0 Å². The molecule has 0 spiro atoms. The van der Waals surface area contributed by atoms with E-state index in [4.69, 9.17) is 9.47 Å². The summed E-state index contributed by atoms with van der Waals surface area (Å²) in [6.45, 7) is 6.33. The van der Waals surface area contributed by atoms with Crippen LogP contribution in [0.2, 0.25) is 0 Å². The van der Waals surface area contributed by atoms with E-state index in [0.29, 0.717) is 23.8 Å². The predicted molar refractivity (Wildman–Crippen MR) is 129 cm³/mol. The van der Waals surface area contributed by atoms with Crippen LogP contribution < -0.4 is 19.7 Å². The fraction of sp³-hybridized carbons (Fsp3) is 0.320. The number of benzene rings is 2. The summed E-state index contributed by atoms with van der Waals surface area (Å²) in [6, 6.07) is 18.8. The smallest absolute Gasteiger partial charge is 0.262 e. The van der Waals surface area contributed by atoms with Crippen molar-refractivity contribution in [2.75, 3.05) is 56.7 Å². The van der Waals surface area contributed by atoms with Gasteiger partial charge in [0.05, 0.1) is 12.3 Å². The largest absolute Gasteiger partial charge is 0.494 e. The van der Waals surface area contributed by atoms with Crippen molar-refractivity contribution >= 4 is 17.4 Å². The average Bonchev–Trinajstić information content (AvgIpc) is 2.84. The molecule has 1 amide bonds. The van der Waals surface area contributed by atoms with Crippen LogP contribution in [0.4, 0.5) is 11.5 Å². The van der Waals surface area contributed by atoms with E-state index in [-0.39, 0.29) is 12.5 Å². The zero-order valence-corrected chi connectivity index (χ0v) is 19.0. The number of piperazine rings is 1. The summed E-state index contributed by atoms with van der Waals surface area (Å²) < 4.78 is 11.1. The van der Waals surface area contributed by atoms with Gasteiger partial charge in [-0.1, -0.05) is 18.2 Å². The van der Waals surface area contributed by atoms with E-state index in [1.54, 1.807) is 12.1 Å². The minimum absolute atomic E-state index is 0.0979. The van der Waals surface area contributed by atoms with Gasteiger partial charge in [-0.25, -0.2) is 0 Å². The first kappa shape index (κ1) is 22.5. The summed E-state index contributed by atoms with van der Waals surface area (Å²) in [6.07, 6.45) is 0. The Morgan fingerprint density at radius 1 is 0.939 bits per heavy atom. The highest BCUT2D eigenvalue weighted by Gasteiger charge is 2.16. The summed E-state index contributed by atoms with van der Waals surface area (Å²) in [5.74, 6) is 1.94. The van der Waals surface area contributed by atoms with Crippen LogP contribution in [0.1, 0.15) is 6.92 Å². The number of anilines is 2. The Labute approximate surface area is 194 Å². The van der Waals surface area contributed by atoms with Gasteiger partial charge in [0.15, 0.2) is 12.4 Å². The lowest BCUT2D eigenvalue weighted by Gasteiger charge is -2.32. The lowest BCUT2D eigenvalue weighted by molar-refractivity contribution is -0.118. The van der Waals surface area contributed by atoms with E-state index in [9.17, 15) is 4.79 Å². The van der Waals surface area contributed by atoms with Crippen molar-refractivity contribution in [3.63, 3.8) is 0 Å². The predicted octanol–water partition coefficient (Wildman–Crippen LogP) is 3.31. The highest BCUT2D eigenvalue weighted by Crippen LogP contribution is 2.23. The minimum atomic E-state index is -0.245. The molecule has 0 unspecified atom stereocenters. The van der Waals surface area contributed by atoms with Crippen molar-refractivity contribution in [1.29, 1.82) is 0 Å². The average molecular weight is 448 g/mol. The van der Waals surface area contributed by atoms with E-state index in [0.717, 1.165) is 43.3 Å². The van der Waals surface area contributed by atoms with E-state index in [1.165, 1.54) is 0 Å². The van der Waals surface area contributed by atoms with Crippen molar-refractivity contribution < 1.29 is 14.3 Å². The highest BCUT2D eigenvalue weighted by atomic mass is 16.5. The monoisotopic (exact) mass is 447 g/mol. The molecule has 1 fully saturated rings. The maximum absolute atomic E-state index is 12.4. The van der Waals surface area contributed by atoms with E-state index in [2.05, 4.69) is 32.4 Å². The summed E-state index contributed by atoms with van der Waals surface area (Å²) in [7, 11) is 2.13. The van der Waals surface area contributed by atoms with Crippen molar-refractivity contribution in [2.24, 2.45) is 0 Å². The first-order valence-corrected chi connectivity index (χ1v) is 11.1. The molecule has 1 aromatic heterocycles. The molecule has 3 aromatic rings. The third-order valence-electron chi connectivity index (χ3n) is 5.41. The van der Waals surface area contributed by atoms with Crippen molar-refractivity contribution in [1.82, 2.24) is 15.1 Å². The molecule has 8 heteroatoms. The Morgan fingerprint density at radius 3 is 2.42 bits per heavy atom. The normalized spacial score (nSPS) is 14.1. The van der Waals surface area contributed by atoms with Crippen LogP contribution >= 0.6 is 0 Å². The third-order valence-corrected chi connectivity index (χ3v) is 5.41. The van der Waals surface area contributed by atoms with Crippen molar-refractivity contribution in [2.45, 2.75) is 6.92 Å². The molecule has 1 aliphatic rings. The summed E-state index contributed by atoms with van der Waals surface area (Å²) in [4.78, 5) is 16.9. The number of likely N-dealkylation sites (N-methyl/N-ethyl adjacent to an activating group) is 1. The van der Waals surface area contributed by atoms with Crippen LogP contribution in [-0.2, 0) is 4.79 Å². The summed E-state index contributed by atoms with van der Waals surface area (Å²) in [5.41, 5.74) is 2.32. The van der Waals surface area contributed by atoms with Crippen LogP contribution in [0.25, 0.3) is 11.3 Å². The maximum Gasteiger partial charge on any atom is 0.262 e. The fourth-order valence-corrected chi connectivity index (χ4v) is 3.61. The van der Waals surface area contributed by atoms with Crippen LogP contribution in [0.5, 0.6) is 11.5 Å². The van der Waals surface area contributed by atoms with Gasteiger partial charge in [0.2, 0.25) is 0 Å². The molecule has 33 heavy (non-hydrogen) atoms. The lowest BCUT2D eigenvalue weighted by Crippen LogP contribution is -2.44. The lowest BCUT2D eigenvalue weighted by atomic mass is 10.1. The van der Waals surface area contributed by atoms with Gasteiger partial charge in [-0.15, -0.1) is 10.2 Å². The molecule has 8 nitrogen and oxygen atoms in total.